The van der Waals surface area contributed by atoms with Crippen LogP contribution in [0, 0.1) is 13.8 Å². The summed E-state index contributed by atoms with van der Waals surface area (Å²) in [6.07, 6.45) is 6.89. The molecule has 1 aliphatic carbocycles. The van der Waals surface area contributed by atoms with Gasteiger partial charge >= 0.3 is 0 Å². The molecule has 1 aliphatic heterocycles. The van der Waals surface area contributed by atoms with E-state index in [9.17, 15) is 0 Å². The zero-order valence-electron chi connectivity index (χ0n) is 15.6. The monoisotopic (exact) mass is 478 g/mol. The summed E-state index contributed by atoms with van der Waals surface area (Å²) in [7, 11) is 0. The highest BCUT2D eigenvalue weighted by atomic mass is 127. The van der Waals surface area contributed by atoms with E-state index in [1.165, 1.54) is 37.9 Å². The maximum Gasteiger partial charge on any atom is 0.194 e. The lowest BCUT2D eigenvalue weighted by Gasteiger charge is -2.45. The van der Waals surface area contributed by atoms with Crippen molar-refractivity contribution in [2.24, 2.45) is 4.99 Å². The van der Waals surface area contributed by atoms with Gasteiger partial charge in [0.15, 0.2) is 5.96 Å². The molecule has 142 valence electrons. The predicted octanol–water partition coefficient (Wildman–Crippen LogP) is 4.13. The van der Waals surface area contributed by atoms with E-state index in [1.54, 1.807) is 0 Å². The highest BCUT2D eigenvalue weighted by molar-refractivity contribution is 14.0. The van der Waals surface area contributed by atoms with Crippen molar-refractivity contribution in [1.29, 1.82) is 0 Å². The molecule has 2 aliphatic rings. The largest absolute Gasteiger partial charge is 0.361 e. The number of hydrogen-bond donors (Lipinski definition) is 1. The van der Waals surface area contributed by atoms with E-state index < -0.39 is 0 Å². The molecule has 0 amide bonds. The Labute approximate surface area is 172 Å². The topological polar surface area (TPSA) is 53.7 Å². The third-order valence-electron chi connectivity index (χ3n) is 5.22. The Balaban J connectivity index is 0.00000225. The third kappa shape index (κ3) is 5.05. The van der Waals surface area contributed by atoms with Crippen LogP contribution in [0.5, 0.6) is 0 Å². The maximum atomic E-state index is 5.27. The van der Waals surface area contributed by atoms with Crippen LogP contribution in [0.15, 0.2) is 9.52 Å². The fraction of sp³-hybridized carbons (Fsp3) is 0.778. The number of thioether (sulfide) groups is 1. The number of aliphatic imine (C=N–C) groups is 1. The van der Waals surface area contributed by atoms with Crippen LogP contribution in [0.2, 0.25) is 0 Å². The molecule has 1 aromatic heterocycles. The van der Waals surface area contributed by atoms with Gasteiger partial charge in [-0.3, -0.25) is 0 Å². The number of rotatable bonds is 3. The molecule has 1 N–H and O–H groups in total. The zero-order valence-corrected chi connectivity index (χ0v) is 18.8. The second kappa shape index (κ2) is 9.48. The fourth-order valence-electron chi connectivity index (χ4n) is 3.83. The molecule has 0 unspecified atom stereocenters. The Morgan fingerprint density at radius 2 is 2.08 bits per heavy atom. The lowest BCUT2D eigenvalue weighted by Crippen LogP contribution is -2.53. The van der Waals surface area contributed by atoms with Crippen molar-refractivity contribution in [3.63, 3.8) is 0 Å². The second-order valence-electron chi connectivity index (χ2n) is 6.99. The Hall–Kier alpha value is -0.440. The fourth-order valence-corrected chi connectivity index (χ4v) is 5.40. The van der Waals surface area contributed by atoms with Crippen LogP contribution in [-0.4, -0.2) is 46.2 Å². The molecular weight excluding hydrogens is 447 g/mol. The molecule has 0 atom stereocenters. The number of halogens is 1. The first-order valence-corrected chi connectivity index (χ1v) is 10.2. The third-order valence-corrected chi connectivity index (χ3v) is 6.75. The summed E-state index contributed by atoms with van der Waals surface area (Å²) in [6, 6.07) is 0. The average Bonchev–Trinajstić information content (AvgIpc) is 2.91. The van der Waals surface area contributed by atoms with Crippen molar-refractivity contribution in [2.45, 2.75) is 64.2 Å². The van der Waals surface area contributed by atoms with E-state index in [-0.39, 0.29) is 24.0 Å². The summed E-state index contributed by atoms with van der Waals surface area (Å²) in [5.74, 6) is 3.13. The average molecular weight is 478 g/mol. The predicted molar refractivity (Wildman–Crippen MR) is 116 cm³/mol. The quantitative estimate of drug-likeness (QED) is 0.402. The molecular formula is C18H31IN4OS. The van der Waals surface area contributed by atoms with Gasteiger partial charge in [-0.05, 0) is 33.6 Å². The first-order valence-electron chi connectivity index (χ1n) is 9.22. The molecule has 5 nitrogen and oxygen atoms in total. The van der Waals surface area contributed by atoms with E-state index in [1.807, 2.05) is 13.8 Å². The van der Waals surface area contributed by atoms with Crippen LogP contribution in [0.1, 0.15) is 56.0 Å². The summed E-state index contributed by atoms with van der Waals surface area (Å²) in [5, 5.41) is 7.53. The normalized spacial score (nSPS) is 20.4. The highest BCUT2D eigenvalue weighted by Gasteiger charge is 2.38. The van der Waals surface area contributed by atoms with Crippen LogP contribution in [-0.2, 0) is 6.54 Å². The molecule has 2 heterocycles. The Morgan fingerprint density at radius 3 is 2.72 bits per heavy atom. The van der Waals surface area contributed by atoms with Gasteiger partial charge in [0.05, 0.1) is 12.2 Å². The summed E-state index contributed by atoms with van der Waals surface area (Å²) < 4.78 is 5.72. The van der Waals surface area contributed by atoms with Crippen LogP contribution < -0.4 is 5.32 Å². The van der Waals surface area contributed by atoms with E-state index >= 15 is 0 Å². The highest BCUT2D eigenvalue weighted by Crippen LogP contribution is 2.42. The van der Waals surface area contributed by atoms with Gasteiger partial charge in [-0.2, -0.15) is 11.8 Å². The molecule has 2 fully saturated rings. The standard InChI is InChI=1S/C18H30N4OS.HI/c1-4-19-17(20-12-16-14(2)21-23-15(16)3)22-10-11-24-18(13-22)8-6-5-7-9-18;/h4-13H2,1-3H3,(H,19,20);1H. The van der Waals surface area contributed by atoms with E-state index in [0.29, 0.717) is 11.3 Å². The Morgan fingerprint density at radius 1 is 1.32 bits per heavy atom. The van der Waals surface area contributed by atoms with Crippen LogP contribution in [0.4, 0.5) is 0 Å². The smallest absolute Gasteiger partial charge is 0.194 e. The Bertz CT molecular complexity index is 559. The molecule has 1 spiro atoms. The lowest BCUT2D eigenvalue weighted by atomic mass is 9.87. The van der Waals surface area contributed by atoms with Crippen LogP contribution >= 0.6 is 35.7 Å². The number of nitrogens with one attached hydrogen (secondary N) is 1. The van der Waals surface area contributed by atoms with Crippen molar-refractivity contribution in [3.8, 4) is 0 Å². The number of aromatic nitrogens is 1. The van der Waals surface area contributed by atoms with Gasteiger partial charge in [-0.15, -0.1) is 24.0 Å². The second-order valence-corrected chi connectivity index (χ2v) is 8.55. The van der Waals surface area contributed by atoms with Gasteiger partial charge in [-0.1, -0.05) is 24.4 Å². The molecule has 0 radical (unpaired) electrons. The van der Waals surface area contributed by atoms with Crippen molar-refractivity contribution >= 4 is 41.7 Å². The maximum absolute atomic E-state index is 5.27. The van der Waals surface area contributed by atoms with Crippen molar-refractivity contribution in [2.75, 3.05) is 25.4 Å². The summed E-state index contributed by atoms with van der Waals surface area (Å²) in [4.78, 5) is 7.38. The molecule has 1 saturated carbocycles. The molecule has 3 rings (SSSR count). The van der Waals surface area contributed by atoms with E-state index in [4.69, 9.17) is 9.52 Å². The molecule has 1 aromatic rings. The van der Waals surface area contributed by atoms with Crippen molar-refractivity contribution in [3.05, 3.63) is 17.0 Å². The molecule has 1 saturated heterocycles. The molecule has 25 heavy (non-hydrogen) atoms. The summed E-state index contributed by atoms with van der Waals surface area (Å²) >= 11 is 2.20. The van der Waals surface area contributed by atoms with Crippen molar-refractivity contribution < 1.29 is 4.52 Å². The van der Waals surface area contributed by atoms with Gasteiger partial charge in [-0.25, -0.2) is 4.99 Å². The van der Waals surface area contributed by atoms with Gasteiger partial charge < -0.3 is 14.7 Å². The van der Waals surface area contributed by atoms with Gasteiger partial charge in [0.1, 0.15) is 5.76 Å². The van der Waals surface area contributed by atoms with Crippen LogP contribution in [0.3, 0.4) is 0 Å². The van der Waals surface area contributed by atoms with Gasteiger partial charge in [0.2, 0.25) is 0 Å². The zero-order chi connectivity index (χ0) is 17.0. The first kappa shape index (κ1) is 20.9. The molecule has 7 heteroatoms. The minimum Gasteiger partial charge on any atom is -0.361 e. The minimum absolute atomic E-state index is 0. The van der Waals surface area contributed by atoms with Crippen LogP contribution in [0.25, 0.3) is 0 Å². The number of aryl methyl sites for hydroxylation is 2. The number of hydrogen-bond acceptors (Lipinski definition) is 4. The van der Waals surface area contributed by atoms with Crippen molar-refractivity contribution in [1.82, 2.24) is 15.4 Å². The molecule has 0 aromatic carbocycles. The van der Waals surface area contributed by atoms with E-state index in [2.05, 4.69) is 34.1 Å². The molecule has 0 bridgehead atoms. The lowest BCUT2D eigenvalue weighted by molar-refractivity contribution is 0.293. The Kier molecular flexibility index (Phi) is 7.91. The number of guanidine groups is 1. The minimum atomic E-state index is 0. The first-order chi connectivity index (χ1) is 11.6. The number of nitrogens with zero attached hydrogens (tertiary/aromatic N) is 3. The SMILES string of the molecule is CCNC(=NCc1c(C)noc1C)N1CCSC2(CCCCC2)C1.I. The van der Waals surface area contributed by atoms with Gasteiger partial charge in [0.25, 0.3) is 0 Å². The summed E-state index contributed by atoms with van der Waals surface area (Å²) in [5.41, 5.74) is 2.06. The van der Waals surface area contributed by atoms with E-state index in [0.717, 1.165) is 42.6 Å². The summed E-state index contributed by atoms with van der Waals surface area (Å²) in [6.45, 7) is 9.85. The van der Waals surface area contributed by atoms with Gasteiger partial charge in [0, 0.05) is 35.7 Å².